The molecule has 0 unspecified atom stereocenters. The first-order valence-corrected chi connectivity index (χ1v) is 13.5. The summed E-state index contributed by atoms with van der Waals surface area (Å²) in [7, 11) is 0. The Morgan fingerprint density at radius 1 is 0.854 bits per heavy atom. The molecule has 4 rings (SSSR count). The lowest BCUT2D eigenvalue weighted by molar-refractivity contribution is -0.278. The molecule has 2 saturated heterocycles. The highest BCUT2D eigenvalue weighted by atomic mass is 16.7. The number of carbonyl (C=O) groups is 5. The highest BCUT2D eigenvalue weighted by molar-refractivity contribution is 5.89. The Morgan fingerprint density at radius 2 is 1.34 bits per heavy atom. The summed E-state index contributed by atoms with van der Waals surface area (Å²) in [5.41, 5.74) is -6.65. The number of hydrogen-bond acceptors (Lipinski definition) is 13. The van der Waals surface area contributed by atoms with Crippen molar-refractivity contribution in [1.29, 1.82) is 0 Å². The normalized spacial score (nSPS) is 46.2. The number of aliphatic hydroxyl groups excluding tert-OH is 1. The number of fused-ring (bicyclic) bond motifs is 1. The second-order valence-electron chi connectivity index (χ2n) is 12.0. The predicted octanol–water partition coefficient (Wildman–Crippen LogP) is 0.654. The Labute approximate surface area is 237 Å². The van der Waals surface area contributed by atoms with Crippen LogP contribution >= 0.6 is 0 Å². The molecule has 4 aliphatic rings. The fraction of sp³-hybridized carbons (Fsp3) is 0.750. The maximum absolute atomic E-state index is 13.1. The summed E-state index contributed by atoms with van der Waals surface area (Å²) in [5, 5.41) is 23.6. The summed E-state index contributed by atoms with van der Waals surface area (Å²) in [6, 6.07) is 0. The maximum Gasteiger partial charge on any atom is 0.342 e. The van der Waals surface area contributed by atoms with Crippen molar-refractivity contribution in [2.45, 2.75) is 122 Å². The molecule has 2 N–H and O–H groups in total. The third kappa shape index (κ3) is 4.71. The van der Waals surface area contributed by atoms with Crippen molar-refractivity contribution in [3.05, 3.63) is 11.6 Å². The van der Waals surface area contributed by atoms with E-state index < -0.39 is 94.6 Å². The Hall–Kier alpha value is -3.03. The summed E-state index contributed by atoms with van der Waals surface area (Å²) in [4.78, 5) is 62.8. The number of ether oxygens (including phenoxy) is 6. The van der Waals surface area contributed by atoms with E-state index in [2.05, 4.69) is 0 Å². The van der Waals surface area contributed by atoms with Crippen molar-refractivity contribution in [1.82, 2.24) is 0 Å². The number of aliphatic hydroxyl groups is 2. The quantitative estimate of drug-likeness (QED) is 0.204. The van der Waals surface area contributed by atoms with Crippen LogP contribution in [0.25, 0.3) is 0 Å². The second kappa shape index (κ2) is 10.1. The Kier molecular flexibility index (Phi) is 7.58. The first-order chi connectivity index (χ1) is 18.8. The van der Waals surface area contributed by atoms with Crippen LogP contribution in [0.15, 0.2) is 11.6 Å². The van der Waals surface area contributed by atoms with Crippen LogP contribution < -0.4 is 0 Å². The van der Waals surface area contributed by atoms with Gasteiger partial charge in [0.15, 0.2) is 17.3 Å². The van der Waals surface area contributed by atoms with Crippen molar-refractivity contribution in [2.75, 3.05) is 0 Å². The van der Waals surface area contributed by atoms with Gasteiger partial charge in [0.05, 0.1) is 11.5 Å². The minimum absolute atomic E-state index is 0.223. The zero-order chi connectivity index (χ0) is 30.9. The molecular weight excluding hydrogens is 544 g/mol. The van der Waals surface area contributed by atoms with Gasteiger partial charge in [0.2, 0.25) is 0 Å². The molecule has 228 valence electrons. The van der Waals surface area contributed by atoms with Gasteiger partial charge in [-0.2, -0.15) is 0 Å². The zero-order valence-electron chi connectivity index (χ0n) is 24.4. The van der Waals surface area contributed by atoms with E-state index in [1.54, 1.807) is 13.8 Å². The van der Waals surface area contributed by atoms with Gasteiger partial charge < -0.3 is 38.6 Å². The van der Waals surface area contributed by atoms with E-state index >= 15 is 0 Å². The Balaban J connectivity index is 2.09. The lowest BCUT2D eigenvalue weighted by atomic mass is 9.51. The lowest BCUT2D eigenvalue weighted by Gasteiger charge is -2.59. The maximum atomic E-state index is 13.1. The molecule has 2 aliphatic heterocycles. The summed E-state index contributed by atoms with van der Waals surface area (Å²) < 4.78 is 34.7. The number of esters is 5. The van der Waals surface area contributed by atoms with Crippen molar-refractivity contribution < 1.29 is 62.6 Å². The molecule has 2 aliphatic carbocycles. The molecule has 0 amide bonds. The summed E-state index contributed by atoms with van der Waals surface area (Å²) >= 11 is 0. The highest BCUT2D eigenvalue weighted by Gasteiger charge is 2.88. The molecule has 3 fully saturated rings. The van der Waals surface area contributed by atoms with Crippen molar-refractivity contribution in [2.24, 2.45) is 11.3 Å². The van der Waals surface area contributed by atoms with Crippen molar-refractivity contribution >= 4 is 29.8 Å². The molecule has 0 radical (unpaired) electrons. The fourth-order valence-electron chi connectivity index (χ4n) is 7.26. The molecule has 13 nitrogen and oxygen atoms in total. The van der Waals surface area contributed by atoms with Crippen LogP contribution in [0.3, 0.4) is 0 Å². The summed E-state index contributed by atoms with van der Waals surface area (Å²) in [6.07, 6.45) is -6.61. The van der Waals surface area contributed by atoms with Crippen LogP contribution in [0.5, 0.6) is 0 Å². The Morgan fingerprint density at radius 3 is 1.83 bits per heavy atom. The minimum atomic E-state index is -2.06. The summed E-state index contributed by atoms with van der Waals surface area (Å²) in [6.45, 7) is 10.6. The van der Waals surface area contributed by atoms with Gasteiger partial charge in [0.25, 0.3) is 0 Å². The first kappa shape index (κ1) is 30.9. The molecule has 11 atom stereocenters. The van der Waals surface area contributed by atoms with Gasteiger partial charge in [-0.3, -0.25) is 19.2 Å². The van der Waals surface area contributed by atoms with Crippen LogP contribution in [0.2, 0.25) is 0 Å². The molecule has 0 bridgehead atoms. The van der Waals surface area contributed by atoms with Gasteiger partial charge in [0.1, 0.15) is 30.0 Å². The largest absolute Gasteiger partial charge is 0.462 e. The average molecular weight is 583 g/mol. The second-order valence-corrected chi connectivity index (χ2v) is 12.0. The number of carbonyl (C=O) groups excluding carboxylic acids is 5. The molecule has 2 heterocycles. The fourth-order valence-corrected chi connectivity index (χ4v) is 7.26. The standard InChI is InChI=1S/C28H38O13/c1-12-9-21-28(27(8,41-28)24(34)40-21)23(39-16(5)32)22-25(6,18(10-17(12)33)36-13(2)29)19(37-14(3)30)11-20(26(22,7)35)38-15(4)31/h9,17-23,33,35H,10-11H2,1-8H3/b12-9-/t17-,18+,19+,20+,21+,22-,23+,25+,26+,27+,28+/m1/s1. The highest BCUT2D eigenvalue weighted by Crippen LogP contribution is 2.66. The predicted molar refractivity (Wildman–Crippen MR) is 136 cm³/mol. The third-order valence-electron chi connectivity index (χ3n) is 9.21. The van der Waals surface area contributed by atoms with Gasteiger partial charge in [-0.05, 0) is 32.4 Å². The number of rotatable bonds is 4. The van der Waals surface area contributed by atoms with E-state index in [1.807, 2.05) is 0 Å². The number of epoxide rings is 1. The van der Waals surface area contributed by atoms with Crippen LogP contribution in [-0.4, -0.2) is 93.5 Å². The third-order valence-corrected chi connectivity index (χ3v) is 9.21. The van der Waals surface area contributed by atoms with Crippen LogP contribution in [0, 0.1) is 11.3 Å². The first-order valence-electron chi connectivity index (χ1n) is 13.5. The lowest BCUT2D eigenvalue weighted by Crippen LogP contribution is -2.73. The van der Waals surface area contributed by atoms with Gasteiger partial charge in [-0.1, -0.05) is 6.92 Å². The minimum Gasteiger partial charge on any atom is -0.462 e. The van der Waals surface area contributed by atoms with Crippen LogP contribution in [0.1, 0.15) is 68.2 Å². The average Bonchev–Trinajstić information content (AvgIpc) is 3.40. The van der Waals surface area contributed by atoms with Gasteiger partial charge in [0, 0.05) is 46.5 Å². The topological polar surface area (TPSA) is 184 Å². The van der Waals surface area contributed by atoms with E-state index in [9.17, 15) is 34.2 Å². The molecule has 1 saturated carbocycles. The van der Waals surface area contributed by atoms with Gasteiger partial charge in [-0.25, -0.2) is 4.79 Å². The van der Waals surface area contributed by atoms with E-state index in [0.29, 0.717) is 5.57 Å². The molecule has 0 aromatic rings. The zero-order valence-corrected chi connectivity index (χ0v) is 24.4. The van der Waals surface area contributed by atoms with E-state index in [-0.39, 0.29) is 12.8 Å². The SMILES string of the molecule is CC(=O)O[C@H]1C[C@H](OC(C)=O)[C@]2(C)[C@@H](OC(C)=O)C[C@@H](O)/C(C)=C\[C@@H]3OC(=O)[C@]4(C)O[C@]34[C@@H](OC(C)=O)[C@H]2[C@@]1(C)O. The van der Waals surface area contributed by atoms with Gasteiger partial charge in [-0.15, -0.1) is 0 Å². The molecule has 0 aromatic carbocycles. The summed E-state index contributed by atoms with van der Waals surface area (Å²) in [5.74, 6) is -5.11. The molecular formula is C28H38O13. The monoisotopic (exact) mass is 582 g/mol. The van der Waals surface area contributed by atoms with E-state index in [1.165, 1.54) is 26.8 Å². The van der Waals surface area contributed by atoms with Crippen molar-refractivity contribution in [3.63, 3.8) is 0 Å². The van der Waals surface area contributed by atoms with E-state index in [4.69, 9.17) is 28.4 Å². The van der Waals surface area contributed by atoms with E-state index in [0.717, 1.165) is 20.8 Å². The van der Waals surface area contributed by atoms with Crippen LogP contribution in [0.4, 0.5) is 0 Å². The molecule has 0 aromatic heterocycles. The smallest absolute Gasteiger partial charge is 0.342 e. The van der Waals surface area contributed by atoms with Crippen molar-refractivity contribution in [3.8, 4) is 0 Å². The molecule has 1 spiro atoms. The molecule has 41 heavy (non-hydrogen) atoms. The van der Waals surface area contributed by atoms with Gasteiger partial charge >= 0.3 is 29.8 Å². The number of hydrogen-bond donors (Lipinski definition) is 2. The van der Waals surface area contributed by atoms with Crippen LogP contribution in [-0.2, 0) is 52.4 Å². The Bertz CT molecular complexity index is 1190. The molecule has 13 heteroatoms.